The molecule has 2 heterocycles. The standard InChI is InChI=1S/C32H34O6S.C20H12O5.C12H24O2S.2Au.H2O/c33-22-15-17-26-28(20-22)38-29-21-23(37-30(34)14-8-6-4-2-1-3-5-7-11-19-39)16-18-27(29)31(26)24-12-9-10-13-25(24)32(35)36;21-11-5-7-15-17(9-11)25-18-10-12(22)6-8-16(18)19(15)13-3-1-2-4-14(13)20(23)24;13-12(14)10-8-6-4-2-1-3-5-7-9-11-15;;;/h9-10,12-13,15-18,20-21,39H,1-8,11,14,19H2,(H,35,36);1-10,21H,(H,23,24);15H,1-11H2,(H,13,14);;;1H2/q;;;2*+1;/p-5. The SMILES string of the molecule is O.O=C(CCCCCCCCCCC[S-])Oc1ccc2c(-c3ccccc3C(=O)[O-])c3ccc(=O)cc-3oc2c1.O=C(O)CCCCCCCCCCC[S-].O=C([O-])c1ccccc1-c1c2ccc(=O)cc-2oc2cc([O-])ccc12.[Au+].[Au+]. The van der Waals surface area contributed by atoms with Crippen LogP contribution in [0.1, 0.15) is 149 Å². The number of hydrogen-bond donors (Lipinski definition) is 1. The molecule has 2 aliphatic carbocycles. The van der Waals surface area contributed by atoms with Crippen molar-refractivity contribution in [2.75, 3.05) is 11.5 Å². The van der Waals surface area contributed by atoms with Gasteiger partial charge in [0.05, 0.1) is 11.9 Å². The van der Waals surface area contributed by atoms with Crippen molar-refractivity contribution in [2.24, 2.45) is 0 Å². The first-order valence-corrected chi connectivity index (χ1v) is 28.3. The van der Waals surface area contributed by atoms with E-state index in [2.05, 4.69) is 0 Å². The topological polar surface area (TPSA) is 259 Å². The number of carbonyl (C=O) groups excluding carboxylic acids is 3. The molecule has 0 saturated heterocycles. The predicted octanol–water partition coefficient (Wildman–Crippen LogP) is 11.0. The molecule has 8 rings (SSSR count). The Hall–Kier alpha value is -5.92. The summed E-state index contributed by atoms with van der Waals surface area (Å²) in [4.78, 5) is 69.8. The number of benzene rings is 6. The Labute approximate surface area is 519 Å². The van der Waals surface area contributed by atoms with Crippen LogP contribution >= 0.6 is 0 Å². The van der Waals surface area contributed by atoms with Crippen molar-refractivity contribution in [2.45, 2.75) is 128 Å². The molecule has 3 N–H and O–H groups in total. The maximum atomic E-state index is 12.5. The summed E-state index contributed by atoms with van der Waals surface area (Å²) < 4.78 is 17.3. The van der Waals surface area contributed by atoms with E-state index in [1.54, 1.807) is 72.8 Å². The summed E-state index contributed by atoms with van der Waals surface area (Å²) in [7, 11) is 0. The van der Waals surface area contributed by atoms with E-state index in [9.17, 15) is 44.1 Å². The second-order valence-electron chi connectivity index (χ2n) is 19.4. The molecule has 0 atom stereocenters. The van der Waals surface area contributed by atoms with Gasteiger partial charge in [0.2, 0.25) is 0 Å². The van der Waals surface area contributed by atoms with Crippen molar-refractivity contribution in [1.29, 1.82) is 0 Å². The molecule has 0 aromatic heterocycles. The minimum Gasteiger partial charge on any atom is -0.872 e. The first-order valence-electron chi connectivity index (χ1n) is 27.2. The smallest absolute Gasteiger partial charge is 0.872 e. The number of rotatable bonds is 27. The summed E-state index contributed by atoms with van der Waals surface area (Å²) in [6.07, 6.45) is 21.5. The van der Waals surface area contributed by atoms with Gasteiger partial charge in [0.1, 0.15) is 28.4 Å². The largest absolute Gasteiger partial charge is 1.00 e. The maximum absolute atomic E-state index is 12.5. The van der Waals surface area contributed by atoms with Crippen LogP contribution < -0.4 is 30.9 Å². The van der Waals surface area contributed by atoms with Crippen LogP contribution in [0.2, 0.25) is 0 Å². The molecule has 82 heavy (non-hydrogen) atoms. The van der Waals surface area contributed by atoms with E-state index < -0.39 is 17.9 Å². The number of aromatic carboxylic acids is 2. The molecule has 14 nitrogen and oxygen atoms in total. The molecule has 4 aromatic rings. The van der Waals surface area contributed by atoms with Crippen LogP contribution in [0.15, 0.2) is 140 Å². The van der Waals surface area contributed by atoms with E-state index in [4.69, 9.17) is 43.9 Å². The van der Waals surface area contributed by atoms with Crippen LogP contribution in [0.5, 0.6) is 11.5 Å². The Morgan fingerprint density at radius 1 is 0.463 bits per heavy atom. The molecule has 0 fully saturated rings. The Morgan fingerprint density at radius 3 is 1.28 bits per heavy atom. The molecule has 0 radical (unpaired) electrons. The number of fused-ring (bicyclic) bond motifs is 4. The molecule has 2 aliphatic heterocycles. The summed E-state index contributed by atoms with van der Waals surface area (Å²) in [5.74, 6) is -1.17. The van der Waals surface area contributed by atoms with Crippen LogP contribution in [-0.4, -0.2) is 46.0 Å². The third-order valence-corrected chi connectivity index (χ3v) is 14.0. The number of carboxylic acid groups (broad SMARTS) is 3. The van der Waals surface area contributed by atoms with Crippen molar-refractivity contribution in [1.82, 2.24) is 0 Å². The van der Waals surface area contributed by atoms with Gasteiger partial charge in [-0.2, -0.15) is 11.5 Å². The van der Waals surface area contributed by atoms with Crippen molar-refractivity contribution in [3.8, 4) is 56.4 Å². The maximum Gasteiger partial charge on any atom is 1.00 e. The quantitative estimate of drug-likeness (QED) is 0.0125. The molecular formula is C64H67Au2O14S2-3. The summed E-state index contributed by atoms with van der Waals surface area (Å²) in [5, 5.41) is 44.7. The molecule has 18 heteroatoms. The zero-order chi connectivity index (χ0) is 56.5. The number of esters is 1. The van der Waals surface area contributed by atoms with Gasteiger partial charge in [-0.3, -0.25) is 19.2 Å². The Kier molecular flexibility index (Phi) is 32.0. The molecule has 4 aromatic carbocycles. The van der Waals surface area contributed by atoms with Crippen LogP contribution in [0, 0.1) is 0 Å². The minimum absolute atomic E-state index is 0. The Bertz CT molecular complexity index is 3360. The second-order valence-corrected chi connectivity index (χ2v) is 20.2. The van der Waals surface area contributed by atoms with E-state index >= 15 is 0 Å². The number of ether oxygens (including phenoxy) is 1. The summed E-state index contributed by atoms with van der Waals surface area (Å²) >= 11 is 9.84. The monoisotopic (exact) mass is 1520 g/mol. The minimum atomic E-state index is -1.31. The second kappa shape index (κ2) is 37.3. The van der Waals surface area contributed by atoms with Gasteiger partial charge in [-0.15, -0.1) is 5.75 Å². The van der Waals surface area contributed by atoms with Crippen molar-refractivity contribution in [3.05, 3.63) is 153 Å². The van der Waals surface area contributed by atoms with Crippen LogP contribution in [0.4, 0.5) is 0 Å². The number of unbranched alkanes of at least 4 members (excludes halogenated alkanes) is 16. The molecule has 0 amide bonds. The molecule has 4 aliphatic rings. The molecule has 0 bridgehead atoms. The average molecular weight is 1520 g/mol. The van der Waals surface area contributed by atoms with Gasteiger partial charge in [-0.25, -0.2) is 0 Å². The number of aliphatic carboxylic acids is 1. The van der Waals surface area contributed by atoms with Gasteiger partial charge in [0, 0.05) is 75.2 Å². The van der Waals surface area contributed by atoms with Crippen LogP contribution in [0.25, 0.3) is 66.8 Å². The summed E-state index contributed by atoms with van der Waals surface area (Å²) in [5.41, 5.74) is 3.47. The normalized spacial score (nSPS) is 10.6. The Balaban J connectivity index is 0.000000352. The summed E-state index contributed by atoms with van der Waals surface area (Å²) in [6.45, 7) is 0. The number of hydrogen-bond acceptors (Lipinski definition) is 14. The summed E-state index contributed by atoms with van der Waals surface area (Å²) in [6, 6.07) is 31.0. The average Bonchev–Trinajstić information content (AvgIpc) is 3.45. The molecule has 0 unspecified atom stereocenters. The van der Waals surface area contributed by atoms with Crippen molar-refractivity contribution < 1.29 is 103 Å². The van der Waals surface area contributed by atoms with Gasteiger partial charge >= 0.3 is 56.7 Å². The van der Waals surface area contributed by atoms with Gasteiger partial charge in [-0.1, -0.05) is 163 Å². The van der Waals surface area contributed by atoms with E-state index in [0.29, 0.717) is 74.1 Å². The molecule has 444 valence electrons. The zero-order valence-corrected chi connectivity index (χ0v) is 51.3. The van der Waals surface area contributed by atoms with Crippen LogP contribution in [-0.2, 0) is 79.6 Å². The van der Waals surface area contributed by atoms with E-state index in [1.165, 1.54) is 126 Å². The van der Waals surface area contributed by atoms with E-state index in [1.807, 2.05) is 0 Å². The van der Waals surface area contributed by atoms with Crippen molar-refractivity contribution in [3.63, 3.8) is 0 Å². The van der Waals surface area contributed by atoms with Gasteiger partial charge in [0.15, 0.2) is 10.9 Å². The molecular weight excluding hydrogens is 1450 g/mol. The zero-order valence-electron chi connectivity index (χ0n) is 45.4. The fraction of sp³-hybridized carbons (Fsp3) is 0.344. The van der Waals surface area contributed by atoms with E-state index in [-0.39, 0.29) is 95.3 Å². The fourth-order valence-electron chi connectivity index (χ4n) is 9.51. The van der Waals surface area contributed by atoms with Gasteiger partial charge in [0.25, 0.3) is 0 Å². The molecule has 0 saturated carbocycles. The fourth-order valence-corrected chi connectivity index (χ4v) is 9.92. The number of carboxylic acids is 3. The van der Waals surface area contributed by atoms with E-state index in [0.717, 1.165) is 50.0 Å². The first kappa shape index (κ1) is 70.3. The third kappa shape index (κ3) is 21.4. The predicted molar refractivity (Wildman–Crippen MR) is 311 cm³/mol. The number of carbonyl (C=O) groups is 4. The third-order valence-electron chi connectivity index (χ3n) is 13.5. The van der Waals surface area contributed by atoms with Crippen LogP contribution in [0.3, 0.4) is 0 Å². The van der Waals surface area contributed by atoms with Gasteiger partial charge < -0.3 is 74.3 Å². The first-order chi connectivity index (χ1) is 38.3. The Morgan fingerprint density at radius 2 is 0.854 bits per heavy atom. The van der Waals surface area contributed by atoms with Crippen molar-refractivity contribution >= 4 is 71.1 Å². The molecule has 0 spiro atoms. The van der Waals surface area contributed by atoms with Gasteiger partial charge in [-0.05, 0) is 66.4 Å².